The van der Waals surface area contributed by atoms with Crippen molar-refractivity contribution in [3.05, 3.63) is 34.2 Å². The Morgan fingerprint density at radius 2 is 2.28 bits per heavy atom. The molecule has 1 atom stereocenters. The van der Waals surface area contributed by atoms with Crippen molar-refractivity contribution in [3.63, 3.8) is 0 Å². The molecule has 1 aliphatic rings. The van der Waals surface area contributed by atoms with Crippen molar-refractivity contribution in [3.8, 4) is 0 Å². The Morgan fingerprint density at radius 3 is 2.94 bits per heavy atom. The third kappa shape index (κ3) is 3.46. The maximum absolute atomic E-state index is 5.86. The summed E-state index contributed by atoms with van der Waals surface area (Å²) in [6.07, 6.45) is 0.148. The highest BCUT2D eigenvalue weighted by Gasteiger charge is 2.22. The second kappa shape index (κ2) is 6.04. The molecule has 0 spiro atoms. The number of nitrogens with zero attached hydrogens (tertiary/aromatic N) is 1. The molecule has 0 aliphatic carbocycles. The van der Waals surface area contributed by atoms with Gasteiger partial charge in [-0.3, -0.25) is 4.90 Å². The Kier molecular flexibility index (Phi) is 4.65. The lowest BCUT2D eigenvalue weighted by molar-refractivity contribution is -0.0283. The van der Waals surface area contributed by atoms with Crippen LogP contribution in [0.2, 0.25) is 0 Å². The van der Waals surface area contributed by atoms with Crippen LogP contribution in [-0.2, 0) is 4.74 Å². The summed E-state index contributed by atoms with van der Waals surface area (Å²) in [6.45, 7) is 8.14. The summed E-state index contributed by atoms with van der Waals surface area (Å²) >= 11 is 3.47. The quantitative estimate of drug-likeness (QED) is 0.872. The van der Waals surface area contributed by atoms with Crippen molar-refractivity contribution in [2.24, 2.45) is 0 Å². The maximum atomic E-state index is 5.86. The van der Waals surface area contributed by atoms with Gasteiger partial charge in [-0.2, -0.15) is 0 Å². The van der Waals surface area contributed by atoms with E-state index in [1.54, 1.807) is 0 Å². The largest absolute Gasteiger partial charge is 0.398 e. The number of benzene rings is 1. The van der Waals surface area contributed by atoms with Crippen LogP contribution in [0.15, 0.2) is 22.7 Å². The van der Waals surface area contributed by atoms with Gasteiger partial charge in [0.15, 0.2) is 0 Å². The summed E-state index contributed by atoms with van der Waals surface area (Å²) in [5.41, 5.74) is 7.77. The minimum absolute atomic E-state index is 0.148. The van der Waals surface area contributed by atoms with Crippen LogP contribution < -0.4 is 5.73 Å². The van der Waals surface area contributed by atoms with E-state index in [0.29, 0.717) is 0 Å². The molecule has 2 rings (SSSR count). The highest BCUT2D eigenvalue weighted by atomic mass is 79.9. The third-order valence-electron chi connectivity index (χ3n) is 3.09. The molecule has 1 unspecified atom stereocenters. The summed E-state index contributed by atoms with van der Waals surface area (Å²) < 4.78 is 6.80. The lowest BCUT2D eigenvalue weighted by Gasteiger charge is -2.34. The van der Waals surface area contributed by atoms with Crippen molar-refractivity contribution >= 4 is 21.6 Å². The predicted molar refractivity (Wildman–Crippen MR) is 78.3 cm³/mol. The molecule has 0 aromatic heterocycles. The van der Waals surface area contributed by atoms with Gasteiger partial charge in [-0.05, 0) is 39.5 Å². The molecule has 1 aliphatic heterocycles. The Balaban J connectivity index is 2.05. The summed E-state index contributed by atoms with van der Waals surface area (Å²) in [7, 11) is 0. The number of anilines is 1. The molecule has 0 bridgehead atoms. The Morgan fingerprint density at radius 1 is 1.50 bits per heavy atom. The van der Waals surface area contributed by atoms with Gasteiger partial charge < -0.3 is 10.5 Å². The van der Waals surface area contributed by atoms with Gasteiger partial charge in [-0.25, -0.2) is 0 Å². The van der Waals surface area contributed by atoms with Crippen molar-refractivity contribution in [2.45, 2.75) is 20.0 Å². The molecule has 0 saturated carbocycles. The minimum Gasteiger partial charge on any atom is -0.398 e. The smallest absolute Gasteiger partial charge is 0.0952 e. The summed E-state index contributed by atoms with van der Waals surface area (Å²) in [4.78, 5) is 2.44. The van der Waals surface area contributed by atoms with E-state index in [9.17, 15) is 0 Å². The topological polar surface area (TPSA) is 38.5 Å². The Labute approximate surface area is 117 Å². The van der Waals surface area contributed by atoms with Gasteiger partial charge in [-0.15, -0.1) is 0 Å². The molecule has 1 radical (unpaired) electrons. The number of nitrogen functional groups attached to an aromatic ring is 1. The zero-order chi connectivity index (χ0) is 13.1. The molecule has 1 aromatic carbocycles. The van der Waals surface area contributed by atoms with Crippen molar-refractivity contribution in [1.82, 2.24) is 4.90 Å². The van der Waals surface area contributed by atoms with Gasteiger partial charge >= 0.3 is 0 Å². The summed E-state index contributed by atoms with van der Waals surface area (Å²) in [5, 5.41) is 0. The maximum Gasteiger partial charge on any atom is 0.0952 e. The first-order valence-corrected chi connectivity index (χ1v) is 7.03. The number of ether oxygens (including phenoxy) is 1. The van der Waals surface area contributed by atoms with Gasteiger partial charge in [0.1, 0.15) is 0 Å². The highest BCUT2D eigenvalue weighted by Crippen LogP contribution is 2.28. The predicted octanol–water partition coefficient (Wildman–Crippen LogP) is 3.02. The standard InChI is InChI=1S/C14H20BrN2O/c1-10(2)8-17-5-6-18-14(9-17)11-3-4-13(16)12(15)7-11/h3-4,7,14H,5-6,8-9,16H2,1-2H3. The van der Waals surface area contributed by atoms with Crippen molar-refractivity contribution < 1.29 is 4.74 Å². The fourth-order valence-corrected chi connectivity index (χ4v) is 2.64. The van der Waals surface area contributed by atoms with Gasteiger partial charge in [0, 0.05) is 29.8 Å². The second-order valence-corrected chi connectivity index (χ2v) is 5.94. The molecule has 1 aromatic rings. The molecule has 18 heavy (non-hydrogen) atoms. The van der Waals surface area contributed by atoms with E-state index in [0.717, 1.165) is 36.4 Å². The molecule has 2 N–H and O–H groups in total. The first-order valence-electron chi connectivity index (χ1n) is 6.24. The fraction of sp³-hybridized carbons (Fsp3) is 0.500. The minimum atomic E-state index is 0.148. The monoisotopic (exact) mass is 311 g/mol. The molecular formula is C14H20BrN2O. The van der Waals surface area contributed by atoms with Gasteiger partial charge in [-0.1, -0.05) is 19.9 Å². The Bertz CT molecular complexity index is 409. The van der Waals surface area contributed by atoms with Gasteiger partial charge in [0.05, 0.1) is 12.7 Å². The van der Waals surface area contributed by atoms with E-state index >= 15 is 0 Å². The van der Waals surface area contributed by atoms with E-state index in [2.05, 4.69) is 46.8 Å². The van der Waals surface area contributed by atoms with E-state index in [-0.39, 0.29) is 6.10 Å². The molecule has 1 saturated heterocycles. The molecular weight excluding hydrogens is 292 g/mol. The van der Waals surface area contributed by atoms with E-state index in [1.165, 1.54) is 11.5 Å². The van der Waals surface area contributed by atoms with Gasteiger partial charge in [0.25, 0.3) is 0 Å². The highest BCUT2D eigenvalue weighted by molar-refractivity contribution is 9.10. The van der Waals surface area contributed by atoms with Gasteiger partial charge in [0.2, 0.25) is 0 Å². The third-order valence-corrected chi connectivity index (χ3v) is 3.77. The summed E-state index contributed by atoms with van der Waals surface area (Å²) in [5.74, 6) is 1.44. The van der Waals surface area contributed by atoms with E-state index < -0.39 is 0 Å². The zero-order valence-corrected chi connectivity index (χ0v) is 12.5. The number of halogens is 1. The number of hydrogen-bond acceptors (Lipinski definition) is 3. The van der Waals surface area contributed by atoms with E-state index in [1.807, 2.05) is 6.07 Å². The van der Waals surface area contributed by atoms with Crippen LogP contribution >= 0.6 is 15.9 Å². The lowest BCUT2D eigenvalue weighted by Crippen LogP contribution is -2.39. The number of morpholine rings is 1. The van der Waals surface area contributed by atoms with Crippen LogP contribution in [0, 0.1) is 5.92 Å². The number of rotatable bonds is 3. The fourth-order valence-electron chi connectivity index (χ4n) is 2.24. The zero-order valence-electron chi connectivity index (χ0n) is 10.9. The van der Waals surface area contributed by atoms with Crippen LogP contribution in [0.25, 0.3) is 0 Å². The number of hydrogen-bond donors (Lipinski definition) is 1. The first-order chi connectivity index (χ1) is 8.56. The van der Waals surface area contributed by atoms with Crippen LogP contribution in [0.1, 0.15) is 25.5 Å². The molecule has 3 nitrogen and oxygen atoms in total. The van der Waals surface area contributed by atoms with Crippen LogP contribution in [-0.4, -0.2) is 31.1 Å². The van der Waals surface area contributed by atoms with E-state index in [4.69, 9.17) is 10.5 Å². The molecule has 1 heterocycles. The first kappa shape index (κ1) is 13.8. The van der Waals surface area contributed by atoms with Crippen molar-refractivity contribution in [2.75, 3.05) is 32.0 Å². The normalized spacial score (nSPS) is 21.4. The summed E-state index contributed by atoms with van der Waals surface area (Å²) in [6, 6.07) is 6.04. The SMILES string of the molecule is C[C](C)CN1CCOC(c2ccc(N)c(Br)c2)C1. The Hall–Kier alpha value is -0.580. The molecule has 99 valence electrons. The van der Waals surface area contributed by atoms with Crippen LogP contribution in [0.5, 0.6) is 0 Å². The van der Waals surface area contributed by atoms with Crippen LogP contribution in [0.4, 0.5) is 5.69 Å². The lowest BCUT2D eigenvalue weighted by atomic mass is 10.1. The molecule has 1 fully saturated rings. The molecule has 0 amide bonds. The van der Waals surface area contributed by atoms with Crippen LogP contribution in [0.3, 0.4) is 0 Å². The average Bonchev–Trinajstić information content (AvgIpc) is 2.32. The van der Waals surface area contributed by atoms with Crippen molar-refractivity contribution in [1.29, 1.82) is 0 Å². The average molecular weight is 312 g/mol. The number of nitrogens with two attached hydrogens (primary N) is 1. The molecule has 4 heteroatoms. The second-order valence-electron chi connectivity index (χ2n) is 5.08.